The highest BCUT2D eigenvalue weighted by Crippen LogP contribution is 2.26. The van der Waals surface area contributed by atoms with Crippen LogP contribution < -0.4 is 5.73 Å². The summed E-state index contributed by atoms with van der Waals surface area (Å²) in [6.07, 6.45) is 8.47. The van der Waals surface area contributed by atoms with E-state index >= 15 is 0 Å². The Morgan fingerprint density at radius 1 is 1.10 bits per heavy atom. The molecule has 0 fully saturated rings. The third kappa shape index (κ3) is 3.77. The molecule has 0 aliphatic heterocycles. The molecule has 10 nitrogen and oxygen atoms in total. The van der Waals surface area contributed by atoms with Gasteiger partial charge in [-0.2, -0.15) is 10.1 Å². The fourth-order valence-corrected chi connectivity index (χ4v) is 2.82. The molecule has 30 heavy (non-hydrogen) atoms. The van der Waals surface area contributed by atoms with Crippen LogP contribution in [0.3, 0.4) is 0 Å². The van der Waals surface area contributed by atoms with Gasteiger partial charge < -0.3 is 15.4 Å². The lowest BCUT2D eigenvalue weighted by molar-refractivity contribution is 0.152. The van der Waals surface area contributed by atoms with Gasteiger partial charge in [0.15, 0.2) is 5.82 Å². The standard InChI is InChI=1S/C20H22N8O2/c1-12(13-4-5-16(22-6-13)14-7-23-19(21)24-8-14)17-26-18(30-27-17)15-9-25-28(10-15)20(2,3)11-29/h4-10,12,29H,11H2,1-3H3,(H2,21,23,24). The number of aromatic nitrogens is 7. The smallest absolute Gasteiger partial charge is 0.261 e. The molecule has 0 aliphatic carbocycles. The molecule has 0 saturated heterocycles. The monoisotopic (exact) mass is 406 g/mol. The molecule has 1 unspecified atom stereocenters. The first kappa shape index (κ1) is 19.6. The summed E-state index contributed by atoms with van der Waals surface area (Å²) >= 11 is 0. The highest BCUT2D eigenvalue weighted by atomic mass is 16.5. The van der Waals surface area contributed by atoms with Crippen molar-refractivity contribution in [1.29, 1.82) is 0 Å². The van der Waals surface area contributed by atoms with Gasteiger partial charge in [-0.15, -0.1) is 0 Å². The molecular weight excluding hydrogens is 384 g/mol. The van der Waals surface area contributed by atoms with E-state index in [2.05, 4.69) is 30.2 Å². The van der Waals surface area contributed by atoms with E-state index in [1.54, 1.807) is 35.7 Å². The number of anilines is 1. The summed E-state index contributed by atoms with van der Waals surface area (Å²) in [4.78, 5) is 17.0. The van der Waals surface area contributed by atoms with E-state index in [0.717, 1.165) is 16.8 Å². The maximum atomic E-state index is 9.50. The van der Waals surface area contributed by atoms with Gasteiger partial charge >= 0.3 is 0 Å². The summed E-state index contributed by atoms with van der Waals surface area (Å²) in [5.74, 6) is 1.03. The summed E-state index contributed by atoms with van der Waals surface area (Å²) in [5, 5.41) is 17.9. The quantitative estimate of drug-likeness (QED) is 0.493. The summed E-state index contributed by atoms with van der Waals surface area (Å²) in [5.41, 5.74) is 8.18. The molecule has 0 aromatic carbocycles. The van der Waals surface area contributed by atoms with Gasteiger partial charge in [0.25, 0.3) is 5.89 Å². The van der Waals surface area contributed by atoms with Crippen molar-refractivity contribution in [2.45, 2.75) is 32.2 Å². The minimum Gasteiger partial charge on any atom is -0.394 e. The van der Waals surface area contributed by atoms with Crippen LogP contribution in [-0.4, -0.2) is 46.6 Å². The van der Waals surface area contributed by atoms with Gasteiger partial charge in [-0.05, 0) is 25.5 Å². The first-order valence-electron chi connectivity index (χ1n) is 9.41. The van der Waals surface area contributed by atoms with Gasteiger partial charge in [0.1, 0.15) is 0 Å². The molecule has 0 spiro atoms. The van der Waals surface area contributed by atoms with Crippen molar-refractivity contribution in [2.24, 2.45) is 0 Å². The number of hydrogen-bond acceptors (Lipinski definition) is 9. The van der Waals surface area contributed by atoms with E-state index in [-0.39, 0.29) is 18.5 Å². The molecule has 0 amide bonds. The highest BCUT2D eigenvalue weighted by Gasteiger charge is 2.22. The van der Waals surface area contributed by atoms with Gasteiger partial charge in [-0.3, -0.25) is 9.67 Å². The number of aliphatic hydroxyl groups excluding tert-OH is 1. The Hall–Kier alpha value is -3.66. The van der Waals surface area contributed by atoms with E-state index in [4.69, 9.17) is 10.3 Å². The van der Waals surface area contributed by atoms with Crippen LogP contribution in [0.2, 0.25) is 0 Å². The zero-order valence-electron chi connectivity index (χ0n) is 16.9. The Labute approximate surface area is 172 Å². The van der Waals surface area contributed by atoms with Crippen LogP contribution in [0.1, 0.15) is 38.1 Å². The van der Waals surface area contributed by atoms with Crippen LogP contribution in [0.5, 0.6) is 0 Å². The van der Waals surface area contributed by atoms with Crippen LogP contribution in [-0.2, 0) is 5.54 Å². The maximum Gasteiger partial charge on any atom is 0.261 e. The van der Waals surface area contributed by atoms with E-state index in [1.807, 2.05) is 32.9 Å². The Morgan fingerprint density at radius 2 is 1.87 bits per heavy atom. The Bertz CT molecular complexity index is 1130. The van der Waals surface area contributed by atoms with Crippen LogP contribution in [0.25, 0.3) is 22.7 Å². The van der Waals surface area contributed by atoms with Crippen molar-refractivity contribution in [2.75, 3.05) is 12.3 Å². The van der Waals surface area contributed by atoms with Crippen molar-refractivity contribution >= 4 is 5.95 Å². The predicted molar refractivity (Wildman–Crippen MR) is 109 cm³/mol. The predicted octanol–water partition coefficient (Wildman–Crippen LogP) is 2.25. The van der Waals surface area contributed by atoms with Crippen molar-refractivity contribution in [3.05, 3.63) is 54.5 Å². The first-order chi connectivity index (χ1) is 14.4. The Morgan fingerprint density at radius 3 is 2.53 bits per heavy atom. The van der Waals surface area contributed by atoms with Gasteiger partial charge in [-0.1, -0.05) is 18.1 Å². The molecule has 3 N–H and O–H groups in total. The van der Waals surface area contributed by atoms with Crippen molar-refractivity contribution in [3.8, 4) is 22.7 Å². The Balaban J connectivity index is 1.53. The second-order valence-electron chi connectivity index (χ2n) is 7.63. The lowest BCUT2D eigenvalue weighted by Crippen LogP contribution is -2.30. The molecule has 0 bridgehead atoms. The molecule has 1 atom stereocenters. The lowest BCUT2D eigenvalue weighted by Gasteiger charge is -2.21. The zero-order valence-corrected chi connectivity index (χ0v) is 16.9. The van der Waals surface area contributed by atoms with Crippen molar-refractivity contribution in [3.63, 3.8) is 0 Å². The summed E-state index contributed by atoms with van der Waals surface area (Å²) in [6, 6.07) is 3.85. The van der Waals surface area contributed by atoms with Crippen LogP contribution in [0, 0.1) is 0 Å². The largest absolute Gasteiger partial charge is 0.394 e. The highest BCUT2D eigenvalue weighted by molar-refractivity contribution is 5.57. The minimum absolute atomic E-state index is 0.0360. The topological polar surface area (TPSA) is 142 Å². The zero-order chi connectivity index (χ0) is 21.3. The number of pyridine rings is 1. The summed E-state index contributed by atoms with van der Waals surface area (Å²) in [6.45, 7) is 5.72. The molecule has 0 aliphatic rings. The third-order valence-corrected chi connectivity index (χ3v) is 4.92. The molecule has 4 rings (SSSR count). The van der Waals surface area contributed by atoms with Crippen molar-refractivity contribution < 1.29 is 9.63 Å². The van der Waals surface area contributed by atoms with E-state index in [0.29, 0.717) is 17.3 Å². The number of rotatable bonds is 6. The molecule has 154 valence electrons. The van der Waals surface area contributed by atoms with E-state index in [1.165, 1.54) is 0 Å². The average Bonchev–Trinajstić information content (AvgIpc) is 3.44. The number of nitrogen functional groups attached to an aromatic ring is 1. The molecule has 4 heterocycles. The number of nitrogens with two attached hydrogens (primary N) is 1. The number of hydrogen-bond donors (Lipinski definition) is 2. The number of nitrogens with zero attached hydrogens (tertiary/aromatic N) is 7. The summed E-state index contributed by atoms with van der Waals surface area (Å²) < 4.78 is 7.11. The fourth-order valence-electron chi connectivity index (χ4n) is 2.82. The van der Waals surface area contributed by atoms with E-state index < -0.39 is 5.54 Å². The Kier molecular flexibility index (Phi) is 5.00. The molecule has 10 heteroatoms. The normalized spacial score (nSPS) is 12.8. The fraction of sp³-hybridized carbons (Fsp3) is 0.300. The first-order valence-corrected chi connectivity index (χ1v) is 9.41. The van der Waals surface area contributed by atoms with Gasteiger partial charge in [0.05, 0.1) is 29.6 Å². The molecule has 4 aromatic heterocycles. The molecule has 0 radical (unpaired) electrons. The molecule has 4 aromatic rings. The van der Waals surface area contributed by atoms with Crippen molar-refractivity contribution in [1.82, 2.24) is 34.9 Å². The second-order valence-corrected chi connectivity index (χ2v) is 7.63. The average molecular weight is 406 g/mol. The van der Waals surface area contributed by atoms with Crippen LogP contribution >= 0.6 is 0 Å². The lowest BCUT2D eigenvalue weighted by atomic mass is 10.0. The van der Waals surface area contributed by atoms with Gasteiger partial charge in [0, 0.05) is 36.3 Å². The maximum absolute atomic E-state index is 9.50. The number of aliphatic hydroxyl groups is 1. The molecular formula is C20H22N8O2. The van der Waals surface area contributed by atoms with E-state index in [9.17, 15) is 5.11 Å². The van der Waals surface area contributed by atoms with Gasteiger partial charge in [-0.25, -0.2) is 9.97 Å². The minimum atomic E-state index is -0.517. The molecule has 0 saturated carbocycles. The van der Waals surface area contributed by atoms with Crippen LogP contribution in [0.15, 0.2) is 47.6 Å². The SMILES string of the molecule is CC(c1ccc(-c2cnc(N)nc2)nc1)c1noc(-c2cnn(C(C)(C)CO)c2)n1. The third-order valence-electron chi connectivity index (χ3n) is 4.92. The van der Waals surface area contributed by atoms with Gasteiger partial charge in [0.2, 0.25) is 5.95 Å². The van der Waals surface area contributed by atoms with Crippen LogP contribution in [0.4, 0.5) is 5.95 Å². The summed E-state index contributed by atoms with van der Waals surface area (Å²) in [7, 11) is 0. The second kappa shape index (κ2) is 7.64.